The van der Waals surface area contributed by atoms with Crippen LogP contribution in [0.3, 0.4) is 0 Å². The van der Waals surface area contributed by atoms with E-state index in [1.807, 2.05) is 31.1 Å². The quantitative estimate of drug-likeness (QED) is 0.453. The molecule has 1 rings (SSSR count). The molecular formula is C15H22Br2ClNO2. The first kappa shape index (κ1) is 20.9. The Morgan fingerprint density at radius 1 is 1.19 bits per heavy atom. The van der Waals surface area contributed by atoms with Crippen LogP contribution in [0, 0.1) is 0 Å². The minimum Gasteiger partial charge on any atom is -0.461 e. The molecule has 0 bridgehead atoms. The molecule has 0 atom stereocenters. The summed E-state index contributed by atoms with van der Waals surface area (Å²) in [5.41, 5.74) is 3.00. The first-order valence-electron chi connectivity index (χ1n) is 6.64. The number of hydrogen-bond donors (Lipinski definition) is 0. The number of aryl methyl sites for hydroxylation is 1. The van der Waals surface area contributed by atoms with Gasteiger partial charge in [-0.2, -0.15) is 0 Å². The van der Waals surface area contributed by atoms with Crippen molar-refractivity contribution < 1.29 is 9.53 Å². The molecule has 1 aromatic carbocycles. The number of nitrogens with zero attached hydrogens (tertiary/aromatic N) is 1. The van der Waals surface area contributed by atoms with Crippen LogP contribution in [0.25, 0.3) is 0 Å². The lowest BCUT2D eigenvalue weighted by molar-refractivity contribution is 0.0480. The Kier molecular flexibility index (Phi) is 11.4. The number of halogens is 3. The van der Waals surface area contributed by atoms with Gasteiger partial charge in [-0.3, -0.25) is 0 Å². The van der Waals surface area contributed by atoms with Gasteiger partial charge in [0.15, 0.2) is 0 Å². The molecule has 0 spiro atoms. The van der Waals surface area contributed by atoms with Crippen molar-refractivity contribution in [2.75, 3.05) is 37.9 Å². The average molecular weight is 444 g/mol. The second kappa shape index (κ2) is 11.5. The Balaban J connectivity index is 0.00000400. The van der Waals surface area contributed by atoms with Crippen LogP contribution < -0.4 is 0 Å². The predicted molar refractivity (Wildman–Crippen MR) is 97.5 cm³/mol. The molecule has 0 amide bonds. The molecule has 0 fully saturated rings. The van der Waals surface area contributed by atoms with Gasteiger partial charge in [0.25, 0.3) is 0 Å². The minimum atomic E-state index is -0.223. The zero-order chi connectivity index (χ0) is 15.0. The number of carbonyl (C=O) groups is 1. The number of rotatable bonds is 8. The van der Waals surface area contributed by atoms with Crippen LogP contribution >= 0.6 is 44.3 Å². The van der Waals surface area contributed by atoms with Crippen LogP contribution in [0.2, 0.25) is 0 Å². The number of benzene rings is 1. The van der Waals surface area contributed by atoms with E-state index >= 15 is 0 Å². The zero-order valence-corrected chi connectivity index (χ0v) is 16.4. The fourth-order valence-electron chi connectivity index (χ4n) is 1.95. The number of alkyl halides is 2. The van der Waals surface area contributed by atoms with Gasteiger partial charge in [-0.1, -0.05) is 44.0 Å². The van der Waals surface area contributed by atoms with E-state index in [1.165, 1.54) is 5.56 Å². The molecule has 120 valence electrons. The van der Waals surface area contributed by atoms with E-state index < -0.39 is 0 Å². The van der Waals surface area contributed by atoms with Crippen molar-refractivity contribution in [2.45, 2.75) is 12.8 Å². The van der Waals surface area contributed by atoms with E-state index in [0.717, 1.165) is 35.6 Å². The van der Waals surface area contributed by atoms with Crippen molar-refractivity contribution in [2.24, 2.45) is 0 Å². The molecule has 0 heterocycles. The Morgan fingerprint density at radius 3 is 2.43 bits per heavy atom. The molecule has 0 aromatic heterocycles. The Morgan fingerprint density at radius 2 is 1.86 bits per heavy atom. The van der Waals surface area contributed by atoms with Crippen LogP contribution in [0.4, 0.5) is 0 Å². The molecule has 3 nitrogen and oxygen atoms in total. The van der Waals surface area contributed by atoms with Gasteiger partial charge in [-0.25, -0.2) is 4.79 Å². The molecule has 0 saturated heterocycles. The van der Waals surface area contributed by atoms with Crippen LogP contribution in [0.5, 0.6) is 0 Å². The molecule has 0 aliphatic carbocycles. The van der Waals surface area contributed by atoms with E-state index in [0.29, 0.717) is 12.2 Å². The number of carbonyl (C=O) groups excluding carboxylic acids is 1. The SMILES string of the molecule is CN(C)CCOC(=O)c1cccc(CCBr)c1CCBr.Cl. The third-order valence-corrected chi connectivity index (χ3v) is 3.77. The lowest BCUT2D eigenvalue weighted by Gasteiger charge is -2.14. The summed E-state index contributed by atoms with van der Waals surface area (Å²) in [6.45, 7) is 1.16. The molecule has 0 aliphatic rings. The largest absolute Gasteiger partial charge is 0.461 e. The molecule has 21 heavy (non-hydrogen) atoms. The third kappa shape index (κ3) is 7.13. The molecule has 0 radical (unpaired) electrons. The molecule has 6 heteroatoms. The van der Waals surface area contributed by atoms with Crippen LogP contribution in [0.1, 0.15) is 21.5 Å². The predicted octanol–water partition coefficient (Wildman–Crippen LogP) is 3.70. The molecular weight excluding hydrogens is 421 g/mol. The van der Waals surface area contributed by atoms with Crippen molar-refractivity contribution in [1.29, 1.82) is 0 Å². The molecule has 0 unspecified atom stereocenters. The van der Waals surface area contributed by atoms with Gasteiger partial charge >= 0.3 is 5.97 Å². The Bertz CT molecular complexity index is 442. The first-order valence-corrected chi connectivity index (χ1v) is 8.89. The average Bonchev–Trinajstić information content (AvgIpc) is 2.40. The summed E-state index contributed by atoms with van der Waals surface area (Å²) in [5, 5.41) is 1.73. The van der Waals surface area contributed by atoms with E-state index in [4.69, 9.17) is 4.74 Å². The van der Waals surface area contributed by atoms with Gasteiger partial charge in [-0.15, -0.1) is 12.4 Å². The van der Waals surface area contributed by atoms with Gasteiger partial charge in [0.05, 0.1) is 5.56 Å². The topological polar surface area (TPSA) is 29.5 Å². The first-order chi connectivity index (χ1) is 9.60. The second-order valence-corrected chi connectivity index (χ2v) is 6.35. The third-order valence-electron chi connectivity index (χ3n) is 2.97. The van der Waals surface area contributed by atoms with Gasteiger partial charge in [0, 0.05) is 17.2 Å². The Labute approximate surface area is 150 Å². The highest BCUT2D eigenvalue weighted by molar-refractivity contribution is 9.09. The van der Waals surface area contributed by atoms with Crippen molar-refractivity contribution in [1.82, 2.24) is 4.90 Å². The van der Waals surface area contributed by atoms with E-state index in [1.54, 1.807) is 0 Å². The summed E-state index contributed by atoms with van der Waals surface area (Å²) < 4.78 is 5.35. The summed E-state index contributed by atoms with van der Waals surface area (Å²) in [6, 6.07) is 5.86. The maximum Gasteiger partial charge on any atom is 0.338 e. The van der Waals surface area contributed by atoms with Crippen LogP contribution in [0.15, 0.2) is 18.2 Å². The van der Waals surface area contributed by atoms with E-state index in [9.17, 15) is 4.79 Å². The van der Waals surface area contributed by atoms with Gasteiger partial charge in [-0.05, 0) is 44.1 Å². The van der Waals surface area contributed by atoms with Gasteiger partial charge < -0.3 is 9.64 Å². The summed E-state index contributed by atoms with van der Waals surface area (Å²) in [4.78, 5) is 14.2. The maximum atomic E-state index is 12.2. The van der Waals surface area contributed by atoms with Crippen molar-refractivity contribution >= 4 is 50.2 Å². The van der Waals surface area contributed by atoms with Crippen LogP contribution in [-0.4, -0.2) is 48.8 Å². The number of ether oxygens (including phenoxy) is 1. The lowest BCUT2D eigenvalue weighted by Crippen LogP contribution is -2.21. The summed E-state index contributed by atoms with van der Waals surface area (Å²) in [6.07, 6.45) is 1.75. The molecule has 0 saturated carbocycles. The summed E-state index contributed by atoms with van der Waals surface area (Å²) in [5.74, 6) is -0.223. The monoisotopic (exact) mass is 441 g/mol. The normalized spacial score (nSPS) is 10.3. The maximum absolute atomic E-state index is 12.2. The number of likely N-dealkylation sites (N-methyl/N-ethyl adjacent to an activating group) is 1. The Hall–Kier alpha value is -0.100. The van der Waals surface area contributed by atoms with E-state index in [-0.39, 0.29) is 18.4 Å². The summed E-state index contributed by atoms with van der Waals surface area (Å²) in [7, 11) is 3.92. The van der Waals surface area contributed by atoms with Crippen molar-refractivity contribution in [3.8, 4) is 0 Å². The summed E-state index contributed by atoms with van der Waals surface area (Å²) >= 11 is 6.91. The minimum absolute atomic E-state index is 0. The highest BCUT2D eigenvalue weighted by Crippen LogP contribution is 2.19. The van der Waals surface area contributed by atoms with Crippen LogP contribution in [-0.2, 0) is 17.6 Å². The smallest absolute Gasteiger partial charge is 0.338 e. The van der Waals surface area contributed by atoms with Gasteiger partial charge in [0.1, 0.15) is 6.61 Å². The van der Waals surface area contributed by atoms with Gasteiger partial charge in [0.2, 0.25) is 0 Å². The van der Waals surface area contributed by atoms with Crippen molar-refractivity contribution in [3.63, 3.8) is 0 Å². The lowest BCUT2D eigenvalue weighted by atomic mass is 9.97. The van der Waals surface area contributed by atoms with E-state index in [2.05, 4.69) is 37.9 Å². The molecule has 0 aliphatic heterocycles. The fraction of sp³-hybridized carbons (Fsp3) is 0.533. The number of hydrogen-bond acceptors (Lipinski definition) is 3. The standard InChI is InChI=1S/C15H21Br2NO2.ClH/c1-18(2)10-11-20-15(19)14-5-3-4-12(6-8-16)13(14)7-9-17;/h3-5H,6-11H2,1-2H3;1H. The van der Waals surface area contributed by atoms with Crippen molar-refractivity contribution in [3.05, 3.63) is 34.9 Å². The number of esters is 1. The molecule has 0 N–H and O–H groups in total. The highest BCUT2D eigenvalue weighted by atomic mass is 79.9. The highest BCUT2D eigenvalue weighted by Gasteiger charge is 2.15. The fourth-order valence-corrected chi connectivity index (χ4v) is 2.77. The molecule has 1 aromatic rings. The second-order valence-electron chi connectivity index (χ2n) is 4.76. The zero-order valence-electron chi connectivity index (χ0n) is 12.4.